The number of likely N-dealkylation sites (tertiary alicyclic amines) is 1. The summed E-state index contributed by atoms with van der Waals surface area (Å²) in [6.07, 6.45) is 5.88. The van der Waals surface area contributed by atoms with Gasteiger partial charge in [-0.3, -0.25) is 9.59 Å². The van der Waals surface area contributed by atoms with Crippen LogP contribution in [0.2, 0.25) is 0 Å². The minimum absolute atomic E-state index is 0.171. The van der Waals surface area contributed by atoms with E-state index >= 15 is 0 Å². The number of carbonyl (C=O) groups excluding carboxylic acids is 2. The van der Waals surface area contributed by atoms with Crippen LogP contribution in [-0.4, -0.2) is 36.6 Å². The fourth-order valence-electron chi connectivity index (χ4n) is 3.60. The molecule has 30 heavy (non-hydrogen) atoms. The third-order valence-electron chi connectivity index (χ3n) is 5.20. The van der Waals surface area contributed by atoms with Gasteiger partial charge in [0.2, 0.25) is 6.79 Å². The van der Waals surface area contributed by atoms with Crippen molar-refractivity contribution < 1.29 is 19.1 Å². The number of nitrogens with one attached hydrogen (secondary N) is 1. The second-order valence-electron chi connectivity index (χ2n) is 7.31. The zero-order valence-corrected chi connectivity index (χ0v) is 18.1. The van der Waals surface area contributed by atoms with Crippen LogP contribution in [0.25, 0.3) is 6.08 Å². The molecule has 0 atom stereocenters. The topological polar surface area (TPSA) is 67.9 Å². The summed E-state index contributed by atoms with van der Waals surface area (Å²) in [4.78, 5) is 28.1. The van der Waals surface area contributed by atoms with Crippen molar-refractivity contribution in [1.29, 1.82) is 0 Å². The Kier molecular flexibility index (Phi) is 6.38. The molecule has 0 aromatic heterocycles. The quantitative estimate of drug-likeness (QED) is 0.674. The van der Waals surface area contributed by atoms with Crippen LogP contribution in [0.15, 0.2) is 52.6 Å². The maximum Gasteiger partial charge on any atom is 0.270 e. The smallest absolute Gasteiger partial charge is 0.270 e. The van der Waals surface area contributed by atoms with Crippen molar-refractivity contribution in [1.82, 2.24) is 10.2 Å². The van der Waals surface area contributed by atoms with E-state index in [0.29, 0.717) is 34.6 Å². The predicted octanol–water partition coefficient (Wildman–Crippen LogP) is 4.35. The lowest BCUT2D eigenvalue weighted by atomic mass is 10.1. The second-order valence-corrected chi connectivity index (χ2v) is 8.17. The third-order valence-corrected chi connectivity index (χ3v) is 5.89. The summed E-state index contributed by atoms with van der Waals surface area (Å²) < 4.78 is 11.5. The normalized spacial score (nSPS) is 16.2. The second kappa shape index (κ2) is 9.34. The van der Waals surface area contributed by atoms with Gasteiger partial charge in [0.15, 0.2) is 11.5 Å². The van der Waals surface area contributed by atoms with E-state index < -0.39 is 0 Å². The van der Waals surface area contributed by atoms with Gasteiger partial charge < -0.3 is 19.7 Å². The Morgan fingerprint density at radius 1 is 0.967 bits per heavy atom. The Balaban J connectivity index is 1.64. The van der Waals surface area contributed by atoms with Gasteiger partial charge in [-0.2, -0.15) is 0 Å². The molecule has 0 unspecified atom stereocenters. The molecule has 0 radical (unpaired) electrons. The largest absolute Gasteiger partial charge is 0.454 e. The number of hydrogen-bond donors (Lipinski definition) is 1. The Morgan fingerprint density at radius 2 is 1.70 bits per heavy atom. The standard InChI is InChI=1S/C23H23BrN2O4/c24-18-8-4-3-7-17(18)22(27)25-19(23(28)26-11-5-1-2-6-12-26)13-16-9-10-20-21(14-16)30-15-29-20/h3-4,7-10,13-14H,1-2,5-6,11-12,15H2,(H,25,27)/b19-13-. The van der Waals surface area contributed by atoms with Crippen LogP contribution < -0.4 is 14.8 Å². The highest BCUT2D eigenvalue weighted by atomic mass is 79.9. The highest BCUT2D eigenvalue weighted by Crippen LogP contribution is 2.33. The number of ether oxygens (including phenoxy) is 2. The molecule has 6 nitrogen and oxygen atoms in total. The number of amides is 2. The first-order chi connectivity index (χ1) is 14.6. The van der Waals surface area contributed by atoms with E-state index in [0.717, 1.165) is 31.2 Å². The van der Waals surface area contributed by atoms with Gasteiger partial charge in [0.05, 0.1) is 5.56 Å². The molecule has 4 rings (SSSR count). The number of hydrogen-bond acceptors (Lipinski definition) is 4. The number of fused-ring (bicyclic) bond motifs is 1. The fourth-order valence-corrected chi connectivity index (χ4v) is 4.06. The van der Waals surface area contributed by atoms with Gasteiger partial charge in [-0.25, -0.2) is 0 Å². The van der Waals surface area contributed by atoms with E-state index in [9.17, 15) is 9.59 Å². The van der Waals surface area contributed by atoms with Crippen LogP contribution in [0.3, 0.4) is 0 Å². The van der Waals surface area contributed by atoms with Crippen molar-refractivity contribution in [3.8, 4) is 11.5 Å². The molecule has 156 valence electrons. The van der Waals surface area contributed by atoms with Crippen molar-refractivity contribution in [3.05, 3.63) is 63.8 Å². The van der Waals surface area contributed by atoms with E-state index in [1.165, 1.54) is 0 Å². The summed E-state index contributed by atoms with van der Waals surface area (Å²) >= 11 is 3.41. The average molecular weight is 471 g/mol. The fraction of sp³-hybridized carbons (Fsp3) is 0.304. The highest BCUT2D eigenvalue weighted by molar-refractivity contribution is 9.10. The first-order valence-corrected chi connectivity index (χ1v) is 10.9. The SMILES string of the molecule is O=C(N/C(=C\c1ccc2c(c1)OCO2)C(=O)N1CCCCCC1)c1ccccc1Br. The van der Waals surface area contributed by atoms with Gasteiger partial charge in [0.25, 0.3) is 11.8 Å². The minimum Gasteiger partial charge on any atom is -0.454 e. The molecular formula is C23H23BrN2O4. The summed E-state index contributed by atoms with van der Waals surface area (Å²) in [5.74, 6) is 0.792. The van der Waals surface area contributed by atoms with Crippen molar-refractivity contribution in [2.45, 2.75) is 25.7 Å². The first-order valence-electron chi connectivity index (χ1n) is 10.1. The molecule has 0 spiro atoms. The van der Waals surface area contributed by atoms with Crippen LogP contribution in [0.5, 0.6) is 11.5 Å². The molecule has 1 fully saturated rings. The maximum absolute atomic E-state index is 13.3. The first kappa shape index (κ1) is 20.5. The van der Waals surface area contributed by atoms with E-state index in [1.54, 1.807) is 30.3 Å². The Morgan fingerprint density at radius 3 is 2.47 bits per heavy atom. The van der Waals surface area contributed by atoms with E-state index in [4.69, 9.17) is 9.47 Å². The van der Waals surface area contributed by atoms with E-state index in [1.807, 2.05) is 23.1 Å². The number of carbonyl (C=O) groups is 2. The molecule has 2 aromatic rings. The number of nitrogens with zero attached hydrogens (tertiary/aromatic N) is 1. The average Bonchev–Trinajstić information content (AvgIpc) is 3.04. The molecule has 0 saturated carbocycles. The Hall–Kier alpha value is -2.80. The molecule has 1 N–H and O–H groups in total. The molecule has 7 heteroatoms. The summed E-state index contributed by atoms with van der Waals surface area (Å²) in [5.41, 5.74) is 1.47. The van der Waals surface area contributed by atoms with E-state index in [2.05, 4.69) is 21.2 Å². The van der Waals surface area contributed by atoms with Crippen molar-refractivity contribution in [3.63, 3.8) is 0 Å². The van der Waals surface area contributed by atoms with Crippen LogP contribution in [0.4, 0.5) is 0 Å². The number of rotatable bonds is 4. The molecule has 2 aliphatic rings. The van der Waals surface area contributed by atoms with Crippen molar-refractivity contribution >= 4 is 33.8 Å². The van der Waals surface area contributed by atoms with Gasteiger partial charge in [0.1, 0.15) is 5.70 Å². The van der Waals surface area contributed by atoms with Gasteiger partial charge in [-0.1, -0.05) is 31.0 Å². The molecule has 2 aliphatic heterocycles. The van der Waals surface area contributed by atoms with Gasteiger partial charge in [-0.05, 0) is 64.7 Å². The minimum atomic E-state index is -0.336. The summed E-state index contributed by atoms with van der Waals surface area (Å²) in [6.45, 7) is 1.57. The van der Waals surface area contributed by atoms with Gasteiger partial charge in [0, 0.05) is 17.6 Å². The summed E-state index contributed by atoms with van der Waals surface area (Å²) in [6, 6.07) is 12.6. The predicted molar refractivity (Wildman–Crippen MR) is 117 cm³/mol. The molecular weight excluding hydrogens is 448 g/mol. The molecule has 2 heterocycles. The number of halogens is 1. The lowest BCUT2D eigenvalue weighted by Gasteiger charge is -2.22. The monoisotopic (exact) mass is 470 g/mol. The lowest BCUT2D eigenvalue weighted by Crippen LogP contribution is -2.39. The summed E-state index contributed by atoms with van der Waals surface area (Å²) in [5, 5.41) is 2.84. The Labute approximate surface area is 184 Å². The van der Waals surface area contributed by atoms with Crippen molar-refractivity contribution in [2.24, 2.45) is 0 Å². The molecule has 1 saturated heterocycles. The van der Waals surface area contributed by atoms with Gasteiger partial charge >= 0.3 is 0 Å². The molecule has 2 amide bonds. The van der Waals surface area contributed by atoms with Crippen molar-refractivity contribution in [2.75, 3.05) is 19.9 Å². The third kappa shape index (κ3) is 4.67. The van der Waals surface area contributed by atoms with Crippen LogP contribution in [0.1, 0.15) is 41.6 Å². The van der Waals surface area contributed by atoms with Crippen LogP contribution in [-0.2, 0) is 4.79 Å². The Bertz CT molecular complexity index is 981. The van der Waals surface area contributed by atoms with Gasteiger partial charge in [-0.15, -0.1) is 0 Å². The molecule has 2 aromatic carbocycles. The zero-order chi connectivity index (χ0) is 20.9. The maximum atomic E-state index is 13.3. The van der Waals surface area contributed by atoms with E-state index in [-0.39, 0.29) is 24.3 Å². The zero-order valence-electron chi connectivity index (χ0n) is 16.5. The molecule has 0 aliphatic carbocycles. The highest BCUT2D eigenvalue weighted by Gasteiger charge is 2.23. The molecule has 0 bridgehead atoms. The lowest BCUT2D eigenvalue weighted by molar-refractivity contribution is -0.127. The van der Waals surface area contributed by atoms with Crippen LogP contribution >= 0.6 is 15.9 Å². The van der Waals surface area contributed by atoms with Crippen LogP contribution in [0, 0.1) is 0 Å². The number of benzene rings is 2. The summed E-state index contributed by atoms with van der Waals surface area (Å²) in [7, 11) is 0.